The van der Waals surface area contributed by atoms with Gasteiger partial charge in [0, 0.05) is 64.4 Å². The van der Waals surface area contributed by atoms with Gasteiger partial charge in [0.1, 0.15) is 0 Å². The fourth-order valence-electron chi connectivity index (χ4n) is 4.95. The van der Waals surface area contributed by atoms with Crippen LogP contribution in [-0.4, -0.2) is 81.9 Å². The molecule has 0 N–H and O–H groups in total. The molecule has 0 aromatic carbocycles. The lowest BCUT2D eigenvalue weighted by Crippen LogP contribution is -2.42. The Hall–Kier alpha value is -2.78. The van der Waals surface area contributed by atoms with Crippen LogP contribution in [0.2, 0.25) is 0 Å². The van der Waals surface area contributed by atoms with Crippen LogP contribution in [-0.2, 0) is 39.1 Å². The van der Waals surface area contributed by atoms with Gasteiger partial charge >= 0.3 is 0 Å². The van der Waals surface area contributed by atoms with Crippen LogP contribution in [0.3, 0.4) is 0 Å². The third kappa shape index (κ3) is 6.67. The van der Waals surface area contributed by atoms with Crippen LogP contribution >= 0.6 is 0 Å². The Labute approximate surface area is 207 Å². The summed E-state index contributed by atoms with van der Waals surface area (Å²) >= 11 is 0. The molecule has 190 valence electrons. The number of carbonyl (C=O) groups is 2. The summed E-state index contributed by atoms with van der Waals surface area (Å²) in [6.07, 6.45) is 6.11. The topological polar surface area (TPSA) is 89.8 Å². The molecule has 2 saturated heterocycles. The zero-order valence-electron chi connectivity index (χ0n) is 21.1. The van der Waals surface area contributed by atoms with E-state index in [9.17, 15) is 9.59 Å². The van der Waals surface area contributed by atoms with Crippen LogP contribution in [0.5, 0.6) is 0 Å². The second-order valence-electron chi connectivity index (χ2n) is 9.69. The van der Waals surface area contributed by atoms with E-state index in [0.717, 1.165) is 48.6 Å². The third-order valence-electron chi connectivity index (χ3n) is 7.18. The average Bonchev–Trinajstić information content (AvgIpc) is 3.00. The lowest BCUT2D eigenvalue weighted by atomic mass is 9.99. The first kappa shape index (κ1) is 25.3. The van der Waals surface area contributed by atoms with Gasteiger partial charge in [-0.1, -0.05) is 0 Å². The van der Waals surface area contributed by atoms with Crippen LogP contribution in [0, 0.1) is 19.8 Å². The van der Waals surface area contributed by atoms with Crippen LogP contribution < -0.4 is 0 Å². The lowest BCUT2D eigenvalue weighted by Gasteiger charge is -2.30. The van der Waals surface area contributed by atoms with Gasteiger partial charge in [-0.05, 0) is 62.3 Å². The second kappa shape index (κ2) is 11.8. The molecule has 9 nitrogen and oxygen atoms in total. The van der Waals surface area contributed by atoms with Gasteiger partial charge in [0.2, 0.25) is 11.8 Å². The molecule has 0 spiro atoms. The maximum atomic E-state index is 13.3. The summed E-state index contributed by atoms with van der Waals surface area (Å²) < 4.78 is 13.6. The number of hydrogen-bond acceptors (Lipinski definition) is 6. The minimum absolute atomic E-state index is 0.00593. The Morgan fingerprint density at radius 1 is 1.17 bits per heavy atom. The van der Waals surface area contributed by atoms with Gasteiger partial charge in [-0.15, -0.1) is 0 Å². The Morgan fingerprint density at radius 3 is 2.60 bits per heavy atom. The predicted molar refractivity (Wildman–Crippen MR) is 131 cm³/mol. The van der Waals surface area contributed by atoms with E-state index >= 15 is 0 Å². The Bertz CT molecular complexity index is 1000. The number of aromatic nitrogens is 3. The molecule has 4 heterocycles. The summed E-state index contributed by atoms with van der Waals surface area (Å²) in [5.41, 5.74) is 4.15. The quantitative estimate of drug-likeness (QED) is 0.571. The van der Waals surface area contributed by atoms with Crippen LogP contribution in [0.1, 0.15) is 41.8 Å². The van der Waals surface area contributed by atoms with E-state index in [1.54, 1.807) is 17.3 Å². The van der Waals surface area contributed by atoms with Crippen molar-refractivity contribution in [1.82, 2.24) is 24.6 Å². The zero-order valence-corrected chi connectivity index (χ0v) is 21.1. The molecule has 0 saturated carbocycles. The van der Waals surface area contributed by atoms with E-state index in [1.807, 2.05) is 42.6 Å². The number of amides is 2. The first-order valence-corrected chi connectivity index (χ1v) is 12.5. The monoisotopic (exact) mass is 483 g/mol. The van der Waals surface area contributed by atoms with Gasteiger partial charge in [-0.2, -0.15) is 5.10 Å². The van der Waals surface area contributed by atoms with Crippen molar-refractivity contribution >= 4 is 11.8 Å². The SMILES string of the molecule is Cc1nn(C)c(C)c1CCC(=O)N1CC(=O)N(CC2CCOCC2)CC(OCc2ccncc2)C1. The van der Waals surface area contributed by atoms with Crippen molar-refractivity contribution in [3.05, 3.63) is 47.0 Å². The summed E-state index contributed by atoms with van der Waals surface area (Å²) in [6, 6.07) is 3.84. The molecule has 0 bridgehead atoms. The van der Waals surface area contributed by atoms with Crippen LogP contribution in [0.15, 0.2) is 24.5 Å². The summed E-state index contributed by atoms with van der Waals surface area (Å²) in [7, 11) is 1.92. The summed E-state index contributed by atoms with van der Waals surface area (Å²) in [6.45, 7) is 7.58. The Morgan fingerprint density at radius 2 is 1.91 bits per heavy atom. The summed E-state index contributed by atoms with van der Waals surface area (Å²) in [5.74, 6) is 0.396. The normalized spacial score (nSPS) is 19.7. The highest BCUT2D eigenvalue weighted by Gasteiger charge is 2.32. The molecule has 2 aliphatic rings. The highest BCUT2D eigenvalue weighted by atomic mass is 16.5. The molecule has 35 heavy (non-hydrogen) atoms. The van der Waals surface area contributed by atoms with E-state index in [-0.39, 0.29) is 24.5 Å². The van der Waals surface area contributed by atoms with Crippen molar-refractivity contribution < 1.29 is 19.1 Å². The maximum Gasteiger partial charge on any atom is 0.242 e. The maximum absolute atomic E-state index is 13.3. The molecule has 0 radical (unpaired) electrons. The number of pyridine rings is 1. The summed E-state index contributed by atoms with van der Waals surface area (Å²) in [4.78, 5) is 34.1. The molecule has 0 aliphatic carbocycles. The zero-order chi connectivity index (χ0) is 24.8. The molecule has 4 rings (SSSR count). The van der Waals surface area contributed by atoms with E-state index in [1.165, 1.54) is 0 Å². The van der Waals surface area contributed by atoms with Crippen molar-refractivity contribution in [3.63, 3.8) is 0 Å². The van der Waals surface area contributed by atoms with E-state index in [0.29, 0.717) is 45.0 Å². The van der Waals surface area contributed by atoms with Crippen molar-refractivity contribution in [2.24, 2.45) is 13.0 Å². The van der Waals surface area contributed by atoms with Gasteiger partial charge < -0.3 is 19.3 Å². The molecule has 9 heteroatoms. The van der Waals surface area contributed by atoms with Gasteiger partial charge in [0.15, 0.2) is 0 Å². The average molecular weight is 484 g/mol. The molecule has 2 fully saturated rings. The van der Waals surface area contributed by atoms with E-state index in [2.05, 4.69) is 10.1 Å². The van der Waals surface area contributed by atoms with E-state index < -0.39 is 0 Å². The number of hydrogen-bond donors (Lipinski definition) is 0. The first-order valence-electron chi connectivity index (χ1n) is 12.5. The predicted octanol–water partition coefficient (Wildman–Crippen LogP) is 2.05. The third-order valence-corrected chi connectivity index (χ3v) is 7.18. The molecule has 2 aromatic heterocycles. The molecular weight excluding hydrogens is 446 g/mol. The van der Waals surface area contributed by atoms with Gasteiger partial charge in [-0.3, -0.25) is 19.3 Å². The number of carbonyl (C=O) groups excluding carboxylic acids is 2. The van der Waals surface area contributed by atoms with Gasteiger partial charge in [-0.25, -0.2) is 0 Å². The number of nitrogens with zero attached hydrogens (tertiary/aromatic N) is 5. The molecule has 2 aromatic rings. The summed E-state index contributed by atoms with van der Waals surface area (Å²) in [5, 5.41) is 4.46. The fourth-order valence-corrected chi connectivity index (χ4v) is 4.95. The van der Waals surface area contributed by atoms with Gasteiger partial charge in [0.05, 0.1) is 24.9 Å². The molecule has 2 amide bonds. The van der Waals surface area contributed by atoms with Crippen molar-refractivity contribution in [1.29, 1.82) is 0 Å². The highest BCUT2D eigenvalue weighted by Crippen LogP contribution is 2.20. The largest absolute Gasteiger partial charge is 0.381 e. The number of aryl methyl sites for hydroxylation is 2. The first-order chi connectivity index (χ1) is 16.9. The highest BCUT2D eigenvalue weighted by molar-refractivity contribution is 5.85. The minimum Gasteiger partial charge on any atom is -0.381 e. The number of rotatable bonds is 8. The van der Waals surface area contributed by atoms with Crippen LogP contribution in [0.25, 0.3) is 0 Å². The smallest absolute Gasteiger partial charge is 0.242 e. The van der Waals surface area contributed by atoms with E-state index in [4.69, 9.17) is 9.47 Å². The Kier molecular flexibility index (Phi) is 8.51. The standard InChI is InChI=1S/C26H37N5O4/c1-19-24(20(2)29(3)28-19)4-5-25(32)31-16-23(35-18-22-6-10-27-11-7-22)15-30(26(33)17-31)14-21-8-12-34-13-9-21/h6-7,10-11,21,23H,4-5,8-9,12-18H2,1-3H3. The van der Waals surface area contributed by atoms with Gasteiger partial charge in [0.25, 0.3) is 0 Å². The van der Waals surface area contributed by atoms with Crippen molar-refractivity contribution in [2.75, 3.05) is 39.4 Å². The lowest BCUT2D eigenvalue weighted by molar-refractivity contribution is -0.139. The van der Waals surface area contributed by atoms with Crippen LogP contribution in [0.4, 0.5) is 0 Å². The molecule has 1 unspecified atom stereocenters. The van der Waals surface area contributed by atoms with Crippen molar-refractivity contribution in [2.45, 2.75) is 52.2 Å². The molecule has 1 atom stereocenters. The minimum atomic E-state index is -0.250. The second-order valence-corrected chi connectivity index (χ2v) is 9.69. The fraction of sp³-hybridized carbons (Fsp3) is 0.615. The van der Waals surface area contributed by atoms with Crippen molar-refractivity contribution in [3.8, 4) is 0 Å². The molecule has 2 aliphatic heterocycles. The molecular formula is C26H37N5O4. The number of ether oxygens (including phenoxy) is 2. The Balaban J connectivity index is 1.43.